The van der Waals surface area contributed by atoms with Crippen molar-refractivity contribution >= 4 is 11.7 Å². The molecule has 0 spiro atoms. The van der Waals surface area contributed by atoms with Crippen molar-refractivity contribution in [2.75, 3.05) is 31.6 Å². The predicted molar refractivity (Wildman–Crippen MR) is 95.5 cm³/mol. The molecule has 1 fully saturated rings. The molecule has 1 aromatic heterocycles. The zero-order valence-electron chi connectivity index (χ0n) is 15.5. The Labute approximate surface area is 153 Å². The summed E-state index contributed by atoms with van der Waals surface area (Å²) in [6.07, 6.45) is 1.86. The molecule has 1 amide bonds. The summed E-state index contributed by atoms with van der Waals surface area (Å²) in [5.74, 6) is -1.01. The van der Waals surface area contributed by atoms with E-state index in [4.69, 9.17) is 10.00 Å². The van der Waals surface area contributed by atoms with Gasteiger partial charge in [0.05, 0.1) is 25.6 Å². The van der Waals surface area contributed by atoms with E-state index in [0.29, 0.717) is 19.6 Å². The van der Waals surface area contributed by atoms with Crippen molar-refractivity contribution in [3.63, 3.8) is 0 Å². The minimum atomic E-state index is -1.01. The van der Waals surface area contributed by atoms with Crippen molar-refractivity contribution in [1.82, 2.24) is 14.9 Å². The number of carbonyl (C=O) groups is 1. The quantitative estimate of drug-likeness (QED) is 0.722. The molecule has 1 atom stereocenters. The van der Waals surface area contributed by atoms with Gasteiger partial charge in [0.25, 0.3) is 5.91 Å². The number of aryl methyl sites for hydroxylation is 1. The Balaban J connectivity index is 2.35. The molecule has 0 aliphatic carbocycles. The van der Waals surface area contributed by atoms with Gasteiger partial charge in [-0.05, 0) is 13.3 Å². The molecule has 1 unspecified atom stereocenters. The molecule has 2 rings (SSSR count). The molecule has 1 aliphatic rings. The lowest BCUT2D eigenvalue weighted by Crippen LogP contribution is -2.55. The minimum Gasteiger partial charge on any atom is -0.467 e. The van der Waals surface area contributed by atoms with E-state index >= 15 is 0 Å². The van der Waals surface area contributed by atoms with Crippen LogP contribution in [-0.2, 0) is 11.2 Å². The second-order valence-electron chi connectivity index (χ2n) is 6.21. The second-order valence-corrected chi connectivity index (χ2v) is 6.21. The maximum atomic E-state index is 13.3. The minimum absolute atomic E-state index is 0.111. The van der Waals surface area contributed by atoms with Gasteiger partial charge in [0.2, 0.25) is 0 Å². The third-order valence-electron chi connectivity index (χ3n) is 4.46. The molecule has 140 valence electrons. The lowest BCUT2D eigenvalue weighted by atomic mass is 10.1. The number of nitriles is 1. The highest BCUT2D eigenvalue weighted by molar-refractivity contribution is 5.91. The van der Waals surface area contributed by atoms with E-state index in [-0.39, 0.29) is 12.4 Å². The van der Waals surface area contributed by atoms with Crippen LogP contribution < -0.4 is 9.64 Å². The van der Waals surface area contributed by atoms with Gasteiger partial charge in [-0.2, -0.15) is 10.2 Å². The topological polar surface area (TPSA) is 82.3 Å². The summed E-state index contributed by atoms with van der Waals surface area (Å²) >= 11 is 0. The first-order valence-corrected chi connectivity index (χ1v) is 8.61. The van der Waals surface area contributed by atoms with Gasteiger partial charge >= 0.3 is 6.01 Å². The predicted octanol–water partition coefficient (Wildman–Crippen LogP) is 2.16. The first kappa shape index (κ1) is 19.6. The number of methoxy groups -OCH3 is 1. The van der Waals surface area contributed by atoms with Gasteiger partial charge in [0.15, 0.2) is 5.83 Å². The van der Waals surface area contributed by atoms with Crippen molar-refractivity contribution in [3.05, 3.63) is 23.7 Å². The molecule has 0 aromatic carbocycles. The number of hydrogen-bond donors (Lipinski definition) is 0. The number of piperazine rings is 1. The van der Waals surface area contributed by atoms with Crippen molar-refractivity contribution in [2.45, 2.75) is 39.2 Å². The van der Waals surface area contributed by atoms with Crippen LogP contribution in [0.1, 0.15) is 31.0 Å². The van der Waals surface area contributed by atoms with Crippen molar-refractivity contribution in [1.29, 1.82) is 5.26 Å². The Morgan fingerprint density at radius 2 is 2.19 bits per heavy atom. The number of anilines is 1. The molecular weight excluding hydrogens is 337 g/mol. The highest BCUT2D eigenvalue weighted by atomic mass is 19.1. The van der Waals surface area contributed by atoms with E-state index in [1.807, 2.05) is 11.8 Å². The molecule has 0 saturated carbocycles. The van der Waals surface area contributed by atoms with Crippen molar-refractivity contribution in [3.8, 4) is 12.1 Å². The first-order chi connectivity index (χ1) is 12.4. The fourth-order valence-corrected chi connectivity index (χ4v) is 3.20. The number of aromatic nitrogens is 2. The summed E-state index contributed by atoms with van der Waals surface area (Å²) in [5.41, 5.74) is 1.87. The molecular formula is C18H24FN5O2. The lowest BCUT2D eigenvalue weighted by Gasteiger charge is -2.41. The number of hydrogen-bond acceptors (Lipinski definition) is 6. The molecule has 0 bridgehead atoms. The van der Waals surface area contributed by atoms with Crippen molar-refractivity contribution < 1.29 is 13.9 Å². The molecule has 1 saturated heterocycles. The van der Waals surface area contributed by atoms with Crippen LogP contribution in [-0.4, -0.2) is 53.6 Å². The summed E-state index contributed by atoms with van der Waals surface area (Å²) in [6, 6.07) is 1.93. The Morgan fingerprint density at radius 1 is 1.46 bits per heavy atom. The summed E-state index contributed by atoms with van der Waals surface area (Å²) in [6.45, 7) is 8.25. The molecule has 7 nitrogen and oxygen atoms in total. The van der Waals surface area contributed by atoms with E-state index in [9.17, 15) is 9.18 Å². The fraction of sp³-hybridized carbons (Fsp3) is 0.556. The van der Waals surface area contributed by atoms with E-state index in [1.165, 1.54) is 12.0 Å². The van der Waals surface area contributed by atoms with Gasteiger partial charge in [-0.1, -0.05) is 19.9 Å². The molecule has 1 aromatic rings. The van der Waals surface area contributed by atoms with E-state index in [0.717, 1.165) is 29.9 Å². The van der Waals surface area contributed by atoms with Crippen LogP contribution in [0.2, 0.25) is 0 Å². The summed E-state index contributed by atoms with van der Waals surface area (Å²) in [4.78, 5) is 24.3. The van der Waals surface area contributed by atoms with Crippen LogP contribution in [0.15, 0.2) is 12.4 Å². The number of amides is 1. The largest absolute Gasteiger partial charge is 0.467 e. The third kappa shape index (κ3) is 4.10. The monoisotopic (exact) mass is 361 g/mol. The summed E-state index contributed by atoms with van der Waals surface area (Å²) in [7, 11) is 1.51. The number of rotatable bonds is 6. The maximum Gasteiger partial charge on any atom is 0.318 e. The number of halogens is 1. The maximum absolute atomic E-state index is 13.3. The number of nitrogens with zero attached hydrogens (tertiary/aromatic N) is 5. The lowest BCUT2D eigenvalue weighted by molar-refractivity contribution is -0.131. The van der Waals surface area contributed by atoms with Gasteiger partial charge < -0.3 is 14.5 Å². The zero-order valence-corrected chi connectivity index (χ0v) is 15.5. The second kappa shape index (κ2) is 8.61. The Bertz CT molecular complexity index is 731. The van der Waals surface area contributed by atoms with E-state index in [2.05, 4.69) is 29.5 Å². The molecule has 8 heteroatoms. The third-order valence-corrected chi connectivity index (χ3v) is 4.46. The zero-order chi connectivity index (χ0) is 19.3. The van der Waals surface area contributed by atoms with Gasteiger partial charge in [0.1, 0.15) is 5.82 Å². The summed E-state index contributed by atoms with van der Waals surface area (Å²) in [5, 5.41) is 9.11. The van der Waals surface area contributed by atoms with E-state index < -0.39 is 17.8 Å². The molecule has 1 aliphatic heterocycles. The Kier molecular flexibility index (Phi) is 6.50. The molecule has 2 heterocycles. The standard InChI is InChI=1S/C18H24FN5O2/c1-5-6-15-13(3)21-18(26-4)22-16(15)23-9-10-24(17(25)12(2)19)14(11-23)7-8-20/h14H,2,5-7,9-11H2,1,3-4H3. The van der Waals surface area contributed by atoms with E-state index in [1.54, 1.807) is 0 Å². The molecule has 26 heavy (non-hydrogen) atoms. The van der Waals surface area contributed by atoms with Gasteiger partial charge in [-0.15, -0.1) is 0 Å². The number of ether oxygens (including phenoxy) is 1. The fourth-order valence-electron chi connectivity index (χ4n) is 3.20. The first-order valence-electron chi connectivity index (χ1n) is 8.61. The summed E-state index contributed by atoms with van der Waals surface area (Å²) < 4.78 is 18.5. The Hall–Kier alpha value is -2.69. The Morgan fingerprint density at radius 3 is 2.77 bits per heavy atom. The van der Waals surface area contributed by atoms with Crippen molar-refractivity contribution in [2.24, 2.45) is 0 Å². The van der Waals surface area contributed by atoms with Crippen LogP contribution >= 0.6 is 0 Å². The number of carbonyl (C=O) groups excluding carboxylic acids is 1. The van der Waals surface area contributed by atoms with Crippen LogP contribution in [0.3, 0.4) is 0 Å². The molecule has 0 radical (unpaired) electrons. The average molecular weight is 361 g/mol. The highest BCUT2D eigenvalue weighted by Gasteiger charge is 2.33. The van der Waals surface area contributed by atoms with Gasteiger partial charge in [0, 0.05) is 30.9 Å². The van der Waals surface area contributed by atoms with Crippen LogP contribution in [0.5, 0.6) is 6.01 Å². The van der Waals surface area contributed by atoms with Gasteiger partial charge in [-0.25, -0.2) is 9.37 Å². The molecule has 0 N–H and O–H groups in total. The van der Waals surface area contributed by atoms with Crippen LogP contribution in [0.4, 0.5) is 10.2 Å². The highest BCUT2D eigenvalue weighted by Crippen LogP contribution is 2.28. The van der Waals surface area contributed by atoms with Crippen LogP contribution in [0, 0.1) is 18.3 Å². The van der Waals surface area contributed by atoms with Gasteiger partial charge in [-0.3, -0.25) is 4.79 Å². The normalized spacial score (nSPS) is 17.0. The average Bonchev–Trinajstić information content (AvgIpc) is 2.62. The van der Waals surface area contributed by atoms with Crippen LogP contribution in [0.25, 0.3) is 0 Å². The smallest absolute Gasteiger partial charge is 0.318 e. The SMILES string of the molecule is C=C(F)C(=O)N1CCN(c2nc(OC)nc(C)c2CCC)CC1CC#N.